The second-order valence-corrected chi connectivity index (χ2v) is 16.6. The van der Waals surface area contributed by atoms with E-state index in [-0.39, 0.29) is 44.8 Å². The predicted octanol–water partition coefficient (Wildman–Crippen LogP) is 7.51. The average Bonchev–Trinajstić information content (AvgIpc) is 3.43. The molecule has 3 saturated heterocycles. The second-order valence-electron chi connectivity index (χ2n) is 15.7. The lowest BCUT2D eigenvalue weighted by Gasteiger charge is -2.37. The Kier molecular flexibility index (Phi) is 16.1. The molecule has 0 radical (unpaired) electrons. The van der Waals surface area contributed by atoms with Gasteiger partial charge in [-0.1, -0.05) is 52.3 Å². The quantitative estimate of drug-likeness (QED) is 0.112. The van der Waals surface area contributed by atoms with E-state index >= 15 is 0 Å². The van der Waals surface area contributed by atoms with Crippen LogP contribution < -0.4 is 25.1 Å². The van der Waals surface area contributed by atoms with Crippen molar-refractivity contribution < 1.29 is 51.3 Å². The third-order valence-electron chi connectivity index (χ3n) is 11.3. The first-order valence-corrected chi connectivity index (χ1v) is 19.9. The molecule has 0 saturated carbocycles. The number of aliphatic hydroxyl groups excluding tert-OH is 2. The molecule has 0 aliphatic carbocycles. The summed E-state index contributed by atoms with van der Waals surface area (Å²) < 4.78 is 89.0. The van der Waals surface area contributed by atoms with E-state index < -0.39 is 24.6 Å². The summed E-state index contributed by atoms with van der Waals surface area (Å²) in [5.74, 6) is 0. The van der Waals surface area contributed by atoms with Crippen LogP contribution in [0.5, 0.6) is 0 Å². The molecule has 4 N–H and O–H groups in total. The van der Waals surface area contributed by atoms with Crippen molar-refractivity contribution in [1.29, 1.82) is 0 Å². The van der Waals surface area contributed by atoms with Crippen LogP contribution in [0.25, 0.3) is 0 Å². The van der Waals surface area contributed by atoms with Crippen molar-refractivity contribution in [3.05, 3.63) is 113 Å². The molecule has 4 aromatic carbocycles. The monoisotopic (exact) mass is 928 g/mol. The van der Waals surface area contributed by atoms with Crippen LogP contribution in [-0.2, 0) is 9.31 Å². The number of nitrogens with zero attached hydrogens (tertiary/aromatic N) is 4. The minimum atomic E-state index is -4.66. The van der Waals surface area contributed by atoms with Gasteiger partial charge in [0.05, 0.1) is 11.2 Å². The Morgan fingerprint density at radius 1 is 0.517 bits per heavy atom. The molecule has 60 heavy (non-hydrogen) atoms. The van der Waals surface area contributed by atoms with Gasteiger partial charge in [0.15, 0.2) is 12.2 Å². The summed E-state index contributed by atoms with van der Waals surface area (Å²) in [4.78, 5) is 8.84. The van der Waals surface area contributed by atoms with Crippen LogP contribution in [0.15, 0.2) is 102 Å². The van der Waals surface area contributed by atoms with E-state index in [1.807, 2.05) is 52.0 Å². The van der Waals surface area contributed by atoms with Gasteiger partial charge >= 0.3 is 19.5 Å². The number of alkyl halides is 6. The van der Waals surface area contributed by atoms with E-state index in [4.69, 9.17) is 9.31 Å². The highest BCUT2D eigenvalue weighted by Crippen LogP contribution is 2.37. The van der Waals surface area contributed by atoms with Gasteiger partial charge in [-0.3, -0.25) is 0 Å². The summed E-state index contributed by atoms with van der Waals surface area (Å²) >= 11 is 3.42. The van der Waals surface area contributed by atoms with Gasteiger partial charge in [-0.15, -0.1) is 0 Å². The van der Waals surface area contributed by atoms with Crippen molar-refractivity contribution in [3.63, 3.8) is 0 Å². The third-order valence-corrected chi connectivity index (χ3v) is 11.8. The lowest BCUT2D eigenvalue weighted by molar-refractivity contribution is -0.207. The number of benzene rings is 4. The molecule has 328 valence electrons. The number of aliphatic hydroxyl groups is 2. The number of hydrogen-bond donors (Lipinski definition) is 2. The van der Waals surface area contributed by atoms with Crippen molar-refractivity contribution in [3.8, 4) is 0 Å². The molecule has 3 fully saturated rings. The molecule has 0 spiro atoms. The first kappa shape index (κ1) is 49.1. The molecule has 3 heterocycles. The molecular formula is C42H53BBrF6N4O5P. The smallest absolute Gasteiger partial charge is 0.412 e. The van der Waals surface area contributed by atoms with Crippen LogP contribution >= 0.6 is 25.8 Å². The molecule has 9 nitrogen and oxygen atoms in total. The lowest BCUT2D eigenvalue weighted by atomic mass is 9.79. The van der Waals surface area contributed by atoms with Gasteiger partial charge in [0.2, 0.25) is 0 Å². The van der Waals surface area contributed by atoms with E-state index in [1.165, 1.54) is 24.3 Å². The zero-order valence-corrected chi connectivity index (χ0v) is 37.0. The average molecular weight is 930 g/mol. The van der Waals surface area contributed by atoms with Crippen LogP contribution in [0.4, 0.5) is 49.1 Å². The molecule has 3 unspecified atom stereocenters. The topological polar surface area (TPSA) is 103 Å². The Morgan fingerprint density at radius 3 is 1.03 bits per heavy atom. The van der Waals surface area contributed by atoms with Crippen LogP contribution in [0.1, 0.15) is 51.0 Å². The van der Waals surface area contributed by atoms with E-state index in [2.05, 4.69) is 59.8 Å². The summed E-state index contributed by atoms with van der Waals surface area (Å²) in [5, 5.41) is 18.7. The van der Waals surface area contributed by atoms with Crippen molar-refractivity contribution in [2.24, 2.45) is 0 Å². The highest BCUT2D eigenvalue weighted by Gasteiger charge is 2.51. The number of anilines is 4. The Morgan fingerprint density at radius 2 is 0.767 bits per heavy atom. The summed E-state index contributed by atoms with van der Waals surface area (Å²) in [7, 11) is -0.389. The van der Waals surface area contributed by atoms with Gasteiger partial charge in [0, 0.05) is 79.6 Å². The molecule has 3 atom stereocenters. The Bertz CT molecular complexity index is 1930. The normalized spacial score (nSPS) is 18.8. The van der Waals surface area contributed by atoms with Gasteiger partial charge in [0.1, 0.15) is 0 Å². The fourth-order valence-corrected chi connectivity index (χ4v) is 7.30. The van der Waals surface area contributed by atoms with Crippen molar-refractivity contribution in [1.82, 2.24) is 0 Å². The van der Waals surface area contributed by atoms with Gasteiger partial charge in [-0.2, -0.15) is 36.2 Å². The SMILES string of the molecule is CC1(C)OB(c2ccc(N3CCN(c4ccc(C(O)C(F)(F)F)cc4)CC3)cc2)OC1(C)C.O.OC(c1ccc(N2CCN(c3ccc(Br)cc3)CC2)cc1)C(F)(F)F.P. The summed E-state index contributed by atoms with van der Waals surface area (Å²) in [6, 6.07) is 28.3. The van der Waals surface area contributed by atoms with Crippen LogP contribution in [0.3, 0.4) is 0 Å². The van der Waals surface area contributed by atoms with Crippen LogP contribution in [-0.4, -0.2) is 98.7 Å². The molecule has 3 aliphatic heterocycles. The van der Waals surface area contributed by atoms with Crippen molar-refractivity contribution in [2.45, 2.75) is 63.5 Å². The maximum Gasteiger partial charge on any atom is 0.494 e. The molecule has 3 aliphatic rings. The number of hydrogen-bond acceptors (Lipinski definition) is 8. The van der Waals surface area contributed by atoms with Crippen molar-refractivity contribution in [2.75, 3.05) is 72.0 Å². The van der Waals surface area contributed by atoms with Gasteiger partial charge in [-0.05, 0) is 105 Å². The fraction of sp³-hybridized carbons (Fsp3) is 0.429. The molecule has 0 bridgehead atoms. The zero-order valence-electron chi connectivity index (χ0n) is 34.0. The Balaban J connectivity index is 0.000000265. The Hall–Kier alpha value is -3.57. The summed E-state index contributed by atoms with van der Waals surface area (Å²) in [6.07, 6.45) is -14.2. The van der Waals surface area contributed by atoms with Gasteiger partial charge in [0.25, 0.3) is 0 Å². The third kappa shape index (κ3) is 11.7. The van der Waals surface area contributed by atoms with Gasteiger partial charge in [-0.25, -0.2) is 0 Å². The van der Waals surface area contributed by atoms with E-state index in [0.717, 1.165) is 85.0 Å². The molecule has 18 heteroatoms. The number of piperazine rings is 2. The first-order chi connectivity index (χ1) is 27.2. The minimum absolute atomic E-state index is 0. The standard InChI is InChI=1S/C24H30BF3N2O3.C18H18BrF3N2O.H2O.H3P/c1-22(2)23(3,4)33-25(32-22)18-7-11-20(12-8-18)30-15-13-29(14-16-30)19-9-5-17(6-10-19)21(31)24(26,27)28;19-14-3-7-16(8-4-14)24-11-9-23(10-12-24)15-5-1-13(2-6-15)17(25)18(20,21)22;;/h5-12,21,31H,13-16H2,1-4H3;1-8,17,25H,9-12H2;1H2;1H3. The molecule has 0 amide bonds. The largest absolute Gasteiger partial charge is 0.494 e. The second kappa shape index (κ2) is 19.6. The van der Waals surface area contributed by atoms with Gasteiger partial charge < -0.3 is 44.6 Å². The maximum absolute atomic E-state index is 12.7. The molecule has 0 aromatic heterocycles. The summed E-state index contributed by atoms with van der Waals surface area (Å²) in [6.45, 7) is 14.5. The molecular weight excluding hydrogens is 876 g/mol. The zero-order chi connectivity index (χ0) is 42.0. The lowest BCUT2D eigenvalue weighted by Crippen LogP contribution is -2.46. The van der Waals surface area contributed by atoms with E-state index in [9.17, 15) is 36.6 Å². The van der Waals surface area contributed by atoms with Crippen molar-refractivity contribution >= 4 is 61.2 Å². The first-order valence-electron chi connectivity index (χ1n) is 19.1. The maximum atomic E-state index is 12.7. The van der Waals surface area contributed by atoms with E-state index in [0.29, 0.717) is 0 Å². The fourth-order valence-electron chi connectivity index (χ4n) is 7.03. The minimum Gasteiger partial charge on any atom is -0.412 e. The van der Waals surface area contributed by atoms with Crippen LogP contribution in [0, 0.1) is 0 Å². The highest BCUT2D eigenvalue weighted by molar-refractivity contribution is 9.10. The molecule has 7 rings (SSSR count). The highest BCUT2D eigenvalue weighted by atomic mass is 79.9. The predicted molar refractivity (Wildman–Crippen MR) is 235 cm³/mol. The number of rotatable bonds is 7. The van der Waals surface area contributed by atoms with Crippen LogP contribution in [0.2, 0.25) is 0 Å². The van der Waals surface area contributed by atoms with E-state index in [1.54, 1.807) is 24.3 Å². The number of halogens is 7. The molecule has 4 aromatic rings. The summed E-state index contributed by atoms with van der Waals surface area (Å²) in [5.41, 5.74) is 3.93. The Labute approximate surface area is 359 Å².